The molecule has 0 unspecified atom stereocenters. The van der Waals surface area contributed by atoms with E-state index in [1.807, 2.05) is 0 Å². The lowest BCUT2D eigenvalue weighted by Gasteiger charge is -2.37. The van der Waals surface area contributed by atoms with E-state index in [-0.39, 0.29) is 0 Å². The second kappa shape index (κ2) is 5.74. The number of hydrogen-bond acceptors (Lipinski definition) is 2. The van der Waals surface area contributed by atoms with Gasteiger partial charge in [-0.05, 0) is 56.3 Å². The van der Waals surface area contributed by atoms with E-state index in [2.05, 4.69) is 37.4 Å². The first kappa shape index (κ1) is 14.1. The Morgan fingerprint density at radius 1 is 1.32 bits per heavy atom. The summed E-state index contributed by atoms with van der Waals surface area (Å²) in [5.74, 6) is -0.641. The zero-order chi connectivity index (χ0) is 13.9. The number of nitrogens with one attached hydrogen (secondary N) is 1. The molecule has 1 aromatic rings. The van der Waals surface area contributed by atoms with Crippen LogP contribution in [-0.4, -0.2) is 24.2 Å². The highest BCUT2D eigenvalue weighted by molar-refractivity contribution is 5.76. The highest BCUT2D eigenvalue weighted by Crippen LogP contribution is 2.40. The number of aliphatic carboxylic acids is 1. The highest BCUT2D eigenvalue weighted by atomic mass is 16.4. The van der Waals surface area contributed by atoms with Crippen LogP contribution in [-0.2, 0) is 11.2 Å². The van der Waals surface area contributed by atoms with Crippen molar-refractivity contribution in [3.8, 4) is 0 Å². The summed E-state index contributed by atoms with van der Waals surface area (Å²) in [7, 11) is 0. The smallest absolute Gasteiger partial charge is 0.310 e. The summed E-state index contributed by atoms with van der Waals surface area (Å²) >= 11 is 0. The molecule has 0 aliphatic heterocycles. The van der Waals surface area contributed by atoms with Gasteiger partial charge in [-0.15, -0.1) is 0 Å². The maximum atomic E-state index is 11.2. The Bertz CT molecular complexity index is 464. The summed E-state index contributed by atoms with van der Waals surface area (Å²) in [6.07, 6.45) is 3.64. The molecule has 0 radical (unpaired) electrons. The number of rotatable bonds is 6. The molecule has 0 heterocycles. The zero-order valence-corrected chi connectivity index (χ0v) is 11.8. The summed E-state index contributed by atoms with van der Waals surface area (Å²) < 4.78 is 0. The van der Waals surface area contributed by atoms with Gasteiger partial charge >= 0.3 is 5.97 Å². The molecule has 0 bridgehead atoms. The fourth-order valence-corrected chi connectivity index (χ4v) is 2.59. The number of hydrogen-bond donors (Lipinski definition) is 2. The largest absolute Gasteiger partial charge is 0.481 e. The molecule has 1 fully saturated rings. The van der Waals surface area contributed by atoms with Crippen molar-refractivity contribution in [2.75, 3.05) is 13.1 Å². The Labute approximate surface area is 115 Å². The lowest BCUT2D eigenvalue weighted by molar-refractivity contribution is -0.154. The summed E-state index contributed by atoms with van der Waals surface area (Å²) in [5.41, 5.74) is 3.46. The van der Waals surface area contributed by atoms with Gasteiger partial charge in [-0.25, -0.2) is 0 Å². The van der Waals surface area contributed by atoms with Crippen LogP contribution in [0.2, 0.25) is 0 Å². The monoisotopic (exact) mass is 261 g/mol. The van der Waals surface area contributed by atoms with Gasteiger partial charge in [0.1, 0.15) is 0 Å². The molecule has 0 atom stereocenters. The maximum absolute atomic E-state index is 11.2. The van der Waals surface area contributed by atoms with Gasteiger partial charge in [0.2, 0.25) is 0 Å². The molecule has 0 saturated heterocycles. The van der Waals surface area contributed by atoms with E-state index in [4.69, 9.17) is 0 Å². The second-order valence-corrected chi connectivity index (χ2v) is 5.78. The van der Waals surface area contributed by atoms with E-state index >= 15 is 0 Å². The molecule has 3 heteroatoms. The Balaban J connectivity index is 1.77. The van der Waals surface area contributed by atoms with Crippen LogP contribution in [0.1, 0.15) is 36.0 Å². The average molecular weight is 261 g/mol. The normalized spacial score (nSPS) is 16.9. The van der Waals surface area contributed by atoms with Gasteiger partial charge in [0.05, 0.1) is 5.41 Å². The summed E-state index contributed by atoms with van der Waals surface area (Å²) in [5, 5.41) is 12.5. The molecule has 1 aromatic carbocycles. The van der Waals surface area contributed by atoms with Gasteiger partial charge in [-0.3, -0.25) is 4.79 Å². The SMILES string of the molecule is Cc1ccc(CCNCC2(C(=O)O)CCC2)cc1C. The predicted molar refractivity (Wildman–Crippen MR) is 76.4 cm³/mol. The number of carboxylic acid groups (broad SMARTS) is 1. The molecule has 2 rings (SSSR count). The van der Waals surface area contributed by atoms with Crippen LogP contribution in [0.4, 0.5) is 0 Å². The van der Waals surface area contributed by atoms with Crippen LogP contribution < -0.4 is 5.32 Å². The van der Waals surface area contributed by atoms with Gasteiger partial charge in [-0.1, -0.05) is 24.6 Å². The number of aryl methyl sites for hydroxylation is 2. The first-order valence-corrected chi connectivity index (χ1v) is 7.04. The van der Waals surface area contributed by atoms with E-state index in [9.17, 15) is 9.90 Å². The molecule has 2 N–H and O–H groups in total. The second-order valence-electron chi connectivity index (χ2n) is 5.78. The summed E-state index contributed by atoms with van der Waals surface area (Å²) in [6, 6.07) is 6.52. The van der Waals surface area contributed by atoms with E-state index in [1.54, 1.807) is 0 Å². The average Bonchev–Trinajstić information content (AvgIpc) is 2.31. The first-order chi connectivity index (χ1) is 9.03. The van der Waals surface area contributed by atoms with Crippen molar-refractivity contribution in [3.05, 3.63) is 34.9 Å². The lowest BCUT2D eigenvalue weighted by Crippen LogP contribution is -2.46. The van der Waals surface area contributed by atoms with Crippen LogP contribution in [0.3, 0.4) is 0 Å². The van der Waals surface area contributed by atoms with E-state index in [0.717, 1.165) is 32.2 Å². The summed E-state index contributed by atoms with van der Waals surface area (Å²) in [6.45, 7) is 5.69. The molecule has 0 spiro atoms. The topological polar surface area (TPSA) is 49.3 Å². The van der Waals surface area contributed by atoms with Crippen molar-refractivity contribution >= 4 is 5.97 Å². The lowest BCUT2D eigenvalue weighted by atomic mass is 9.69. The fraction of sp³-hybridized carbons (Fsp3) is 0.562. The van der Waals surface area contributed by atoms with Crippen LogP contribution in [0.5, 0.6) is 0 Å². The number of carbonyl (C=O) groups is 1. The molecule has 0 amide bonds. The predicted octanol–water partition coefficient (Wildman–Crippen LogP) is 2.69. The fourth-order valence-electron chi connectivity index (χ4n) is 2.59. The van der Waals surface area contributed by atoms with Gasteiger partial charge in [0.25, 0.3) is 0 Å². The van der Waals surface area contributed by atoms with Crippen molar-refractivity contribution in [2.24, 2.45) is 5.41 Å². The van der Waals surface area contributed by atoms with Crippen molar-refractivity contribution in [1.29, 1.82) is 0 Å². The Kier molecular flexibility index (Phi) is 4.25. The quantitative estimate of drug-likeness (QED) is 0.774. The third-order valence-electron chi connectivity index (χ3n) is 4.39. The summed E-state index contributed by atoms with van der Waals surface area (Å²) in [4.78, 5) is 11.2. The Morgan fingerprint density at radius 3 is 2.58 bits per heavy atom. The standard InChI is InChI=1S/C16H23NO2/c1-12-4-5-14(10-13(12)2)6-9-17-11-16(15(18)19)7-3-8-16/h4-5,10,17H,3,6-9,11H2,1-2H3,(H,18,19). The maximum Gasteiger partial charge on any atom is 0.310 e. The van der Waals surface area contributed by atoms with Gasteiger partial charge in [-0.2, -0.15) is 0 Å². The van der Waals surface area contributed by atoms with E-state index in [1.165, 1.54) is 16.7 Å². The Hall–Kier alpha value is -1.35. The minimum absolute atomic E-state index is 0.483. The van der Waals surface area contributed by atoms with Crippen LogP contribution in [0.15, 0.2) is 18.2 Å². The van der Waals surface area contributed by atoms with Crippen molar-refractivity contribution in [3.63, 3.8) is 0 Å². The van der Waals surface area contributed by atoms with Crippen LogP contribution >= 0.6 is 0 Å². The Morgan fingerprint density at radius 2 is 2.05 bits per heavy atom. The van der Waals surface area contributed by atoms with Crippen LogP contribution in [0.25, 0.3) is 0 Å². The molecule has 0 aromatic heterocycles. The van der Waals surface area contributed by atoms with Gasteiger partial charge < -0.3 is 10.4 Å². The number of benzene rings is 1. The van der Waals surface area contributed by atoms with Crippen LogP contribution in [0, 0.1) is 19.3 Å². The molecule has 1 saturated carbocycles. The molecule has 19 heavy (non-hydrogen) atoms. The highest BCUT2D eigenvalue weighted by Gasteiger charge is 2.43. The first-order valence-electron chi connectivity index (χ1n) is 7.04. The van der Waals surface area contributed by atoms with Gasteiger partial charge in [0.15, 0.2) is 0 Å². The zero-order valence-electron chi connectivity index (χ0n) is 11.8. The van der Waals surface area contributed by atoms with E-state index < -0.39 is 11.4 Å². The molecule has 104 valence electrons. The minimum Gasteiger partial charge on any atom is -0.481 e. The molecule has 1 aliphatic carbocycles. The van der Waals surface area contributed by atoms with Crippen molar-refractivity contribution < 1.29 is 9.90 Å². The third kappa shape index (κ3) is 3.16. The van der Waals surface area contributed by atoms with Crippen molar-refractivity contribution in [2.45, 2.75) is 39.5 Å². The minimum atomic E-state index is -0.641. The van der Waals surface area contributed by atoms with Crippen molar-refractivity contribution in [1.82, 2.24) is 5.32 Å². The van der Waals surface area contributed by atoms with E-state index in [0.29, 0.717) is 6.54 Å². The molecule has 1 aliphatic rings. The number of carboxylic acids is 1. The third-order valence-corrected chi connectivity index (χ3v) is 4.39. The molecular weight excluding hydrogens is 238 g/mol. The molecular formula is C16H23NO2. The molecule has 3 nitrogen and oxygen atoms in total. The van der Waals surface area contributed by atoms with Gasteiger partial charge in [0, 0.05) is 6.54 Å².